The molecule has 1 fully saturated rings. The zero-order valence-electron chi connectivity index (χ0n) is 15.1. The Bertz CT molecular complexity index is 540. The van der Waals surface area contributed by atoms with Crippen molar-refractivity contribution in [3.05, 3.63) is 23.8 Å². The van der Waals surface area contributed by atoms with Gasteiger partial charge in [-0.15, -0.1) is 0 Å². The maximum absolute atomic E-state index is 12.7. The van der Waals surface area contributed by atoms with E-state index in [1.54, 1.807) is 32.4 Å². The van der Waals surface area contributed by atoms with Crippen LogP contribution in [0.15, 0.2) is 18.2 Å². The van der Waals surface area contributed by atoms with E-state index < -0.39 is 0 Å². The van der Waals surface area contributed by atoms with Crippen molar-refractivity contribution >= 4 is 5.91 Å². The standard InChI is InChI=1S/C18H28N2O4/c1-14(2)24-12-11-19-7-9-20(10-8-19)18(21)15-5-6-16(22-3)17(13-15)23-4/h5-6,13-14H,7-12H2,1-4H3. The van der Waals surface area contributed by atoms with Crippen LogP contribution in [0.1, 0.15) is 24.2 Å². The highest BCUT2D eigenvalue weighted by Gasteiger charge is 2.22. The number of piperazine rings is 1. The molecule has 0 atom stereocenters. The third-order valence-electron chi connectivity index (χ3n) is 4.15. The number of carbonyl (C=O) groups excluding carboxylic acids is 1. The van der Waals surface area contributed by atoms with E-state index in [2.05, 4.69) is 4.90 Å². The van der Waals surface area contributed by atoms with Gasteiger partial charge in [0, 0.05) is 38.3 Å². The topological polar surface area (TPSA) is 51.2 Å². The molecule has 1 aliphatic heterocycles. The first kappa shape index (κ1) is 18.5. The summed E-state index contributed by atoms with van der Waals surface area (Å²) in [6.45, 7) is 8.95. The molecule has 24 heavy (non-hydrogen) atoms. The van der Waals surface area contributed by atoms with Gasteiger partial charge < -0.3 is 19.1 Å². The van der Waals surface area contributed by atoms with Gasteiger partial charge in [0.15, 0.2) is 11.5 Å². The zero-order chi connectivity index (χ0) is 17.5. The average Bonchev–Trinajstić information content (AvgIpc) is 2.60. The maximum Gasteiger partial charge on any atom is 0.254 e. The number of hydrogen-bond acceptors (Lipinski definition) is 5. The molecule has 1 amide bonds. The molecule has 0 radical (unpaired) electrons. The van der Waals surface area contributed by atoms with Gasteiger partial charge in [0.05, 0.1) is 26.9 Å². The average molecular weight is 336 g/mol. The Balaban J connectivity index is 1.88. The van der Waals surface area contributed by atoms with Crippen molar-refractivity contribution in [2.24, 2.45) is 0 Å². The van der Waals surface area contributed by atoms with Gasteiger partial charge in [-0.05, 0) is 32.0 Å². The number of hydrogen-bond donors (Lipinski definition) is 0. The summed E-state index contributed by atoms with van der Waals surface area (Å²) in [4.78, 5) is 16.9. The van der Waals surface area contributed by atoms with E-state index in [-0.39, 0.29) is 12.0 Å². The largest absolute Gasteiger partial charge is 0.493 e. The highest BCUT2D eigenvalue weighted by atomic mass is 16.5. The lowest BCUT2D eigenvalue weighted by Gasteiger charge is -2.34. The van der Waals surface area contributed by atoms with E-state index in [9.17, 15) is 4.79 Å². The normalized spacial score (nSPS) is 15.6. The van der Waals surface area contributed by atoms with Crippen LogP contribution in [-0.4, -0.2) is 75.4 Å². The second kappa shape index (κ2) is 8.89. The summed E-state index contributed by atoms with van der Waals surface area (Å²) >= 11 is 0. The van der Waals surface area contributed by atoms with Crippen molar-refractivity contribution < 1.29 is 19.0 Å². The van der Waals surface area contributed by atoms with Gasteiger partial charge in [0.1, 0.15) is 0 Å². The van der Waals surface area contributed by atoms with Crippen LogP contribution in [-0.2, 0) is 4.74 Å². The fraction of sp³-hybridized carbons (Fsp3) is 0.611. The first-order valence-corrected chi connectivity index (χ1v) is 8.40. The van der Waals surface area contributed by atoms with Gasteiger partial charge in [0.2, 0.25) is 0 Å². The van der Waals surface area contributed by atoms with Crippen molar-refractivity contribution in [2.45, 2.75) is 20.0 Å². The lowest BCUT2D eigenvalue weighted by Crippen LogP contribution is -2.49. The summed E-state index contributed by atoms with van der Waals surface area (Å²) in [6.07, 6.45) is 0.262. The molecule has 1 saturated heterocycles. The molecular weight excluding hydrogens is 308 g/mol. The molecule has 1 heterocycles. The van der Waals surface area contributed by atoms with Crippen LogP contribution in [0.5, 0.6) is 11.5 Å². The predicted octanol–water partition coefficient (Wildman–Crippen LogP) is 1.89. The Morgan fingerprint density at radius 1 is 1.08 bits per heavy atom. The molecule has 0 spiro atoms. The number of rotatable bonds is 7. The monoisotopic (exact) mass is 336 g/mol. The SMILES string of the molecule is COc1ccc(C(=O)N2CCN(CCOC(C)C)CC2)cc1OC. The summed E-state index contributed by atoms with van der Waals surface area (Å²) < 4.78 is 16.1. The predicted molar refractivity (Wildman–Crippen MR) is 93.0 cm³/mol. The number of benzene rings is 1. The summed E-state index contributed by atoms with van der Waals surface area (Å²) in [5.41, 5.74) is 0.629. The van der Waals surface area contributed by atoms with E-state index >= 15 is 0 Å². The quantitative estimate of drug-likeness (QED) is 0.761. The minimum absolute atomic E-state index is 0.0361. The number of amides is 1. The molecule has 0 aromatic heterocycles. The summed E-state index contributed by atoms with van der Waals surface area (Å²) in [7, 11) is 3.16. The Labute approximate surface area is 144 Å². The van der Waals surface area contributed by atoms with Gasteiger partial charge in [-0.25, -0.2) is 0 Å². The number of methoxy groups -OCH3 is 2. The Kier molecular flexibility index (Phi) is 6.87. The van der Waals surface area contributed by atoms with E-state index in [0.717, 1.165) is 39.3 Å². The lowest BCUT2D eigenvalue weighted by molar-refractivity contribution is 0.0407. The first-order valence-electron chi connectivity index (χ1n) is 8.40. The van der Waals surface area contributed by atoms with Crippen molar-refractivity contribution in [3.8, 4) is 11.5 Å². The first-order chi connectivity index (χ1) is 11.5. The Morgan fingerprint density at radius 3 is 2.33 bits per heavy atom. The Hall–Kier alpha value is -1.79. The second-order valence-corrected chi connectivity index (χ2v) is 6.12. The molecule has 6 heteroatoms. The minimum Gasteiger partial charge on any atom is -0.493 e. The third kappa shape index (κ3) is 4.85. The lowest BCUT2D eigenvalue weighted by atomic mass is 10.1. The molecule has 6 nitrogen and oxygen atoms in total. The van der Waals surface area contributed by atoms with Crippen LogP contribution >= 0.6 is 0 Å². The van der Waals surface area contributed by atoms with Crippen molar-refractivity contribution in [2.75, 3.05) is 53.6 Å². The van der Waals surface area contributed by atoms with E-state index in [1.165, 1.54) is 0 Å². The third-order valence-corrected chi connectivity index (χ3v) is 4.15. The summed E-state index contributed by atoms with van der Waals surface area (Å²) in [6, 6.07) is 5.29. The fourth-order valence-corrected chi connectivity index (χ4v) is 2.74. The number of ether oxygens (including phenoxy) is 3. The number of carbonyl (C=O) groups is 1. The molecule has 1 aromatic carbocycles. The summed E-state index contributed by atoms with van der Waals surface area (Å²) in [5, 5.41) is 0. The highest BCUT2D eigenvalue weighted by Crippen LogP contribution is 2.28. The smallest absolute Gasteiger partial charge is 0.254 e. The molecule has 2 rings (SSSR count). The molecule has 0 unspecified atom stereocenters. The van der Waals surface area contributed by atoms with Crippen LogP contribution in [0.25, 0.3) is 0 Å². The molecule has 1 aromatic rings. The molecule has 134 valence electrons. The van der Waals surface area contributed by atoms with Crippen LogP contribution in [0.3, 0.4) is 0 Å². The van der Waals surface area contributed by atoms with Crippen LogP contribution < -0.4 is 9.47 Å². The molecule has 0 N–H and O–H groups in total. The van der Waals surface area contributed by atoms with Gasteiger partial charge >= 0.3 is 0 Å². The molecular formula is C18H28N2O4. The zero-order valence-corrected chi connectivity index (χ0v) is 15.1. The van der Waals surface area contributed by atoms with Crippen LogP contribution in [0.4, 0.5) is 0 Å². The molecule has 1 aliphatic rings. The van der Waals surface area contributed by atoms with Gasteiger partial charge in [-0.1, -0.05) is 0 Å². The molecule has 0 saturated carbocycles. The van der Waals surface area contributed by atoms with E-state index in [1.807, 2.05) is 18.7 Å². The summed E-state index contributed by atoms with van der Waals surface area (Å²) in [5.74, 6) is 1.24. The van der Waals surface area contributed by atoms with Gasteiger partial charge in [-0.3, -0.25) is 9.69 Å². The molecule has 0 bridgehead atoms. The van der Waals surface area contributed by atoms with Gasteiger partial charge in [0.25, 0.3) is 5.91 Å². The van der Waals surface area contributed by atoms with Crippen molar-refractivity contribution in [1.29, 1.82) is 0 Å². The molecule has 0 aliphatic carbocycles. The van der Waals surface area contributed by atoms with Crippen LogP contribution in [0.2, 0.25) is 0 Å². The van der Waals surface area contributed by atoms with E-state index in [0.29, 0.717) is 17.1 Å². The van der Waals surface area contributed by atoms with Crippen LogP contribution in [0, 0.1) is 0 Å². The van der Waals surface area contributed by atoms with Crippen molar-refractivity contribution in [3.63, 3.8) is 0 Å². The maximum atomic E-state index is 12.7. The Morgan fingerprint density at radius 2 is 1.75 bits per heavy atom. The van der Waals surface area contributed by atoms with Crippen molar-refractivity contribution in [1.82, 2.24) is 9.80 Å². The minimum atomic E-state index is 0.0361. The van der Waals surface area contributed by atoms with E-state index in [4.69, 9.17) is 14.2 Å². The highest BCUT2D eigenvalue weighted by molar-refractivity contribution is 5.95. The number of nitrogens with zero attached hydrogens (tertiary/aromatic N) is 2. The second-order valence-electron chi connectivity index (χ2n) is 6.12. The fourth-order valence-electron chi connectivity index (χ4n) is 2.74. The van der Waals surface area contributed by atoms with Gasteiger partial charge in [-0.2, -0.15) is 0 Å².